The zero-order valence-electron chi connectivity index (χ0n) is 5.30. The van der Waals surface area contributed by atoms with Crippen LogP contribution in [0.25, 0.3) is 0 Å². The number of halogens is 5. The van der Waals surface area contributed by atoms with E-state index in [0.717, 1.165) is 0 Å². The zero-order valence-corrected chi connectivity index (χ0v) is 6.11. The van der Waals surface area contributed by atoms with Crippen LogP contribution in [0, 0.1) is 29.3 Å². The molecule has 0 atom stereocenters. The highest BCUT2D eigenvalue weighted by Gasteiger charge is 2.19. The zero-order chi connectivity index (χ0) is 9.30. The highest BCUT2D eigenvalue weighted by molar-refractivity contribution is 7.94. The van der Waals surface area contributed by atoms with Gasteiger partial charge in [-0.25, -0.2) is 17.6 Å². The lowest BCUT2D eigenvalue weighted by atomic mass is 10.3. The summed E-state index contributed by atoms with van der Waals surface area (Å²) >= 11 is -0.745. The fourth-order valence-corrected chi connectivity index (χ4v) is 0.840. The quantitative estimate of drug-likeness (QED) is 0.380. The van der Waals surface area contributed by atoms with Gasteiger partial charge >= 0.3 is 0 Å². The maximum atomic E-state index is 12.4. The molecule has 0 unspecified atom stereocenters. The van der Waals surface area contributed by atoms with Crippen LogP contribution in [0.5, 0.6) is 0 Å². The number of hydrogen-bond acceptors (Lipinski definition) is 1. The molecular weight excluding hydrogens is 199 g/mol. The summed E-state index contributed by atoms with van der Waals surface area (Å²) in [6.07, 6.45) is 0. The van der Waals surface area contributed by atoms with E-state index in [1.807, 2.05) is 0 Å². The van der Waals surface area contributed by atoms with Crippen molar-refractivity contribution in [3.8, 4) is 0 Å². The van der Waals surface area contributed by atoms with Gasteiger partial charge in [-0.3, -0.25) is 0 Å². The summed E-state index contributed by atoms with van der Waals surface area (Å²) in [6.45, 7) is 0. The number of benzene rings is 1. The van der Waals surface area contributed by atoms with Gasteiger partial charge in [-0.1, -0.05) is 0 Å². The molecule has 6 heteroatoms. The first kappa shape index (κ1) is 9.31. The summed E-state index contributed by atoms with van der Waals surface area (Å²) in [4.78, 5) is -1.04. The Bertz CT molecular complexity index is 311. The molecule has 0 aliphatic rings. The van der Waals surface area contributed by atoms with Crippen LogP contribution in [0.1, 0.15) is 0 Å². The lowest BCUT2D eigenvalue weighted by Gasteiger charge is -1.98. The average molecular weight is 199 g/mol. The van der Waals surface area contributed by atoms with Crippen molar-refractivity contribution in [1.29, 1.82) is 0 Å². The van der Waals surface area contributed by atoms with Crippen molar-refractivity contribution in [1.82, 2.24) is 0 Å². The first-order chi connectivity index (χ1) is 5.57. The van der Waals surface area contributed by atoms with Crippen LogP contribution in [0.4, 0.5) is 21.4 Å². The molecule has 0 aliphatic heterocycles. The summed E-state index contributed by atoms with van der Waals surface area (Å²) in [5.41, 5.74) is 0. The highest BCUT2D eigenvalue weighted by Crippen LogP contribution is 2.26. The summed E-state index contributed by atoms with van der Waals surface area (Å²) < 4.78 is 60.6. The Hall–Kier alpha value is -0.780. The molecule has 0 amide bonds. The molecule has 0 aromatic heterocycles. The van der Waals surface area contributed by atoms with E-state index in [-0.39, 0.29) is 0 Å². The van der Waals surface area contributed by atoms with Gasteiger partial charge in [0.1, 0.15) is 0 Å². The van der Waals surface area contributed by atoms with Crippen molar-refractivity contribution in [2.75, 3.05) is 0 Å². The predicted molar refractivity (Wildman–Crippen MR) is 32.1 cm³/mol. The van der Waals surface area contributed by atoms with Crippen LogP contribution in [-0.2, 0) is 0 Å². The van der Waals surface area contributed by atoms with Crippen LogP contribution in [0.3, 0.4) is 0 Å². The second-order valence-corrected chi connectivity index (χ2v) is 2.35. The van der Waals surface area contributed by atoms with Crippen molar-refractivity contribution in [3.05, 3.63) is 29.3 Å². The topological polar surface area (TPSA) is 0 Å². The van der Waals surface area contributed by atoms with Gasteiger partial charge in [0.05, 0.1) is 17.0 Å². The first-order valence-corrected chi connectivity index (χ1v) is 3.33. The maximum absolute atomic E-state index is 12.4. The molecule has 0 aliphatic carbocycles. The molecule has 1 aromatic carbocycles. The molecule has 1 rings (SSSR count). The monoisotopic (exact) mass is 199 g/mol. The van der Waals surface area contributed by atoms with Gasteiger partial charge in [-0.2, -0.15) is 3.89 Å². The van der Waals surface area contributed by atoms with Gasteiger partial charge in [0, 0.05) is 6.07 Å². The number of rotatable bonds is 1. The lowest BCUT2D eigenvalue weighted by molar-refractivity contribution is 0.397. The SMILES string of the molecule is FSc1[c]c(F)c(F)c(F)c1F. The Kier molecular flexibility index (Phi) is 2.56. The normalized spacial score (nSPS) is 10.4. The van der Waals surface area contributed by atoms with E-state index in [0.29, 0.717) is 0 Å². The van der Waals surface area contributed by atoms with E-state index in [1.165, 1.54) is 6.07 Å². The van der Waals surface area contributed by atoms with Crippen LogP contribution in [0.15, 0.2) is 4.90 Å². The van der Waals surface area contributed by atoms with Gasteiger partial charge in [0.25, 0.3) is 0 Å². The number of hydrogen-bond donors (Lipinski definition) is 0. The van der Waals surface area contributed by atoms with Gasteiger partial charge < -0.3 is 0 Å². The van der Waals surface area contributed by atoms with E-state index >= 15 is 0 Å². The Morgan fingerprint density at radius 1 is 0.917 bits per heavy atom. The van der Waals surface area contributed by atoms with Crippen LogP contribution in [-0.4, -0.2) is 0 Å². The molecule has 0 heterocycles. The maximum Gasteiger partial charge on any atom is 0.198 e. The third-order valence-corrected chi connectivity index (χ3v) is 1.51. The fraction of sp³-hybridized carbons (Fsp3) is 0. The molecule has 12 heavy (non-hydrogen) atoms. The van der Waals surface area contributed by atoms with Crippen molar-refractivity contribution in [2.24, 2.45) is 0 Å². The Balaban J connectivity index is 3.39. The molecule has 0 nitrogen and oxygen atoms in total. The molecule has 65 valence electrons. The standard InChI is InChI=1S/C6F5S/c7-2-1-3(12-11)5(9)6(10)4(2)8. The molecular formula is C6F5S. The molecule has 0 saturated carbocycles. The van der Waals surface area contributed by atoms with Gasteiger partial charge in [0.15, 0.2) is 23.3 Å². The molecule has 1 aromatic rings. The minimum Gasteiger partial charge on any atom is -0.203 e. The van der Waals surface area contributed by atoms with E-state index in [4.69, 9.17) is 0 Å². The molecule has 1 radical (unpaired) electrons. The third-order valence-electron chi connectivity index (χ3n) is 1.08. The second kappa shape index (κ2) is 3.30. The van der Waals surface area contributed by atoms with E-state index in [9.17, 15) is 21.4 Å². The second-order valence-electron chi connectivity index (χ2n) is 1.79. The van der Waals surface area contributed by atoms with Crippen molar-refractivity contribution in [3.63, 3.8) is 0 Å². The van der Waals surface area contributed by atoms with Crippen LogP contribution >= 0.6 is 12.1 Å². The highest BCUT2D eigenvalue weighted by atomic mass is 32.2. The van der Waals surface area contributed by atoms with Crippen LogP contribution in [0.2, 0.25) is 0 Å². The van der Waals surface area contributed by atoms with E-state index in [1.54, 1.807) is 0 Å². The van der Waals surface area contributed by atoms with Gasteiger partial charge in [-0.15, -0.1) is 0 Å². The largest absolute Gasteiger partial charge is 0.203 e. The van der Waals surface area contributed by atoms with Crippen molar-refractivity contribution in [2.45, 2.75) is 4.90 Å². The van der Waals surface area contributed by atoms with Gasteiger partial charge in [0.2, 0.25) is 0 Å². The summed E-state index contributed by atoms with van der Waals surface area (Å²) in [5, 5.41) is 0. The molecule has 0 spiro atoms. The average Bonchev–Trinajstić information content (AvgIpc) is 2.08. The first-order valence-electron chi connectivity index (χ1n) is 2.61. The summed E-state index contributed by atoms with van der Waals surface area (Å²) in [7, 11) is 0. The van der Waals surface area contributed by atoms with Crippen molar-refractivity contribution >= 4 is 12.1 Å². The lowest BCUT2D eigenvalue weighted by Crippen LogP contribution is -1.97. The Morgan fingerprint density at radius 3 is 2.00 bits per heavy atom. The molecule has 0 N–H and O–H groups in total. The minimum atomic E-state index is -2.04. The summed E-state index contributed by atoms with van der Waals surface area (Å²) in [5.74, 6) is -7.55. The molecule has 0 saturated heterocycles. The Labute approximate surface area is 68.7 Å². The van der Waals surface area contributed by atoms with Crippen LogP contribution < -0.4 is 0 Å². The smallest absolute Gasteiger partial charge is 0.198 e. The molecule has 0 fully saturated rings. The predicted octanol–water partition coefficient (Wildman–Crippen LogP) is 3.02. The Morgan fingerprint density at radius 2 is 1.50 bits per heavy atom. The fourth-order valence-electron chi connectivity index (χ4n) is 0.555. The minimum absolute atomic E-state index is 0.745. The van der Waals surface area contributed by atoms with Gasteiger partial charge in [-0.05, 0) is 0 Å². The van der Waals surface area contributed by atoms with E-state index in [2.05, 4.69) is 0 Å². The van der Waals surface area contributed by atoms with E-state index < -0.39 is 40.3 Å². The van der Waals surface area contributed by atoms with Crippen molar-refractivity contribution < 1.29 is 21.4 Å². The molecule has 0 bridgehead atoms. The summed E-state index contributed by atoms with van der Waals surface area (Å²) in [6, 6.07) is 1.37. The third kappa shape index (κ3) is 1.38.